The van der Waals surface area contributed by atoms with Crippen molar-refractivity contribution in [3.8, 4) is 10.6 Å². The molecule has 0 saturated carbocycles. The summed E-state index contributed by atoms with van der Waals surface area (Å²) < 4.78 is 4.83. The molecule has 3 heterocycles. The highest BCUT2D eigenvalue weighted by atomic mass is 32.1. The summed E-state index contributed by atoms with van der Waals surface area (Å²) in [4.78, 5) is 32.5. The van der Waals surface area contributed by atoms with Crippen LogP contribution in [-0.4, -0.2) is 24.0 Å². The number of aryl methyl sites for hydroxylation is 1. The predicted molar refractivity (Wildman–Crippen MR) is 130 cm³/mol. The first-order chi connectivity index (χ1) is 15.6. The molecule has 32 heavy (non-hydrogen) atoms. The second-order valence-corrected chi connectivity index (χ2v) is 9.56. The van der Waals surface area contributed by atoms with Gasteiger partial charge in [-0.2, -0.15) is 0 Å². The molecule has 3 N–H and O–H groups in total. The molecule has 0 radical (unpaired) electrons. The molecule has 0 fully saturated rings. The molecule has 8 heteroatoms. The van der Waals surface area contributed by atoms with E-state index in [0.717, 1.165) is 46.5 Å². The molecule has 0 unspecified atom stereocenters. The van der Waals surface area contributed by atoms with E-state index in [1.807, 2.05) is 6.07 Å². The summed E-state index contributed by atoms with van der Waals surface area (Å²) in [6.07, 6.45) is 4.12. The van der Waals surface area contributed by atoms with E-state index in [0.29, 0.717) is 21.8 Å². The highest BCUT2D eigenvalue weighted by molar-refractivity contribution is 7.21. The summed E-state index contributed by atoms with van der Waals surface area (Å²) in [6, 6.07) is 10.9. The number of esters is 1. The number of anilines is 2. The van der Waals surface area contributed by atoms with E-state index in [-0.39, 0.29) is 5.91 Å². The van der Waals surface area contributed by atoms with Gasteiger partial charge in [-0.15, -0.1) is 22.7 Å². The molecule has 1 aliphatic carbocycles. The van der Waals surface area contributed by atoms with Crippen LogP contribution in [0.3, 0.4) is 0 Å². The van der Waals surface area contributed by atoms with Gasteiger partial charge in [0.05, 0.1) is 34.6 Å². The standard InChI is InChI=1S/C24H21N3O3S2/c1-30-24(29)15-9-4-5-10-16(15)26-22(28)21-19(25)18-13-7-2-3-8-14(13)20(27-23(18)32-21)17-11-6-12-31-17/h4-6,9-12H,2-3,7-8,25H2,1H3,(H,26,28). The van der Waals surface area contributed by atoms with Gasteiger partial charge in [0.1, 0.15) is 9.71 Å². The van der Waals surface area contributed by atoms with Gasteiger partial charge in [0.2, 0.25) is 0 Å². The Morgan fingerprint density at radius 3 is 2.62 bits per heavy atom. The molecule has 162 valence electrons. The van der Waals surface area contributed by atoms with E-state index in [4.69, 9.17) is 15.5 Å². The van der Waals surface area contributed by atoms with Gasteiger partial charge < -0.3 is 15.8 Å². The van der Waals surface area contributed by atoms with Gasteiger partial charge in [-0.05, 0) is 60.4 Å². The van der Waals surface area contributed by atoms with Crippen LogP contribution in [0.25, 0.3) is 20.8 Å². The number of benzene rings is 1. The fourth-order valence-corrected chi connectivity index (χ4v) is 6.02. The number of carbonyl (C=O) groups is 2. The Morgan fingerprint density at radius 2 is 1.88 bits per heavy atom. The topological polar surface area (TPSA) is 94.3 Å². The first-order valence-corrected chi connectivity index (χ1v) is 12.0. The fraction of sp³-hybridized carbons (Fsp3) is 0.208. The van der Waals surface area contributed by atoms with Crippen molar-refractivity contribution in [3.63, 3.8) is 0 Å². The minimum absolute atomic E-state index is 0.290. The fourth-order valence-electron chi connectivity index (χ4n) is 4.26. The van der Waals surface area contributed by atoms with Crippen molar-refractivity contribution >= 4 is 56.1 Å². The number of methoxy groups -OCH3 is 1. The van der Waals surface area contributed by atoms with E-state index in [9.17, 15) is 9.59 Å². The predicted octanol–water partition coefficient (Wildman–Crippen LogP) is 5.52. The van der Waals surface area contributed by atoms with Crippen LogP contribution >= 0.6 is 22.7 Å². The molecule has 0 bridgehead atoms. The molecular formula is C24H21N3O3S2. The number of nitrogen functional groups attached to an aromatic ring is 1. The Kier molecular flexibility index (Phi) is 5.40. The monoisotopic (exact) mass is 463 g/mol. The number of nitrogens with two attached hydrogens (primary N) is 1. The molecule has 0 saturated heterocycles. The van der Waals surface area contributed by atoms with Crippen molar-refractivity contribution in [2.75, 3.05) is 18.2 Å². The SMILES string of the molecule is COC(=O)c1ccccc1NC(=O)c1sc2nc(-c3cccs3)c3c(c2c1N)CCCC3. The van der Waals surface area contributed by atoms with E-state index < -0.39 is 5.97 Å². The van der Waals surface area contributed by atoms with Gasteiger partial charge in [0.15, 0.2) is 0 Å². The van der Waals surface area contributed by atoms with E-state index in [1.54, 1.807) is 35.6 Å². The summed E-state index contributed by atoms with van der Waals surface area (Å²) in [6.45, 7) is 0. The molecule has 0 atom stereocenters. The van der Waals surface area contributed by atoms with Crippen LogP contribution in [0.2, 0.25) is 0 Å². The Hall–Kier alpha value is -3.23. The third-order valence-corrected chi connectivity index (χ3v) is 7.71. The number of rotatable bonds is 4. The Balaban J connectivity index is 1.60. The van der Waals surface area contributed by atoms with Crippen LogP contribution in [0.5, 0.6) is 0 Å². The van der Waals surface area contributed by atoms with Crippen LogP contribution < -0.4 is 11.1 Å². The zero-order valence-corrected chi connectivity index (χ0v) is 19.1. The maximum atomic E-state index is 13.2. The average Bonchev–Trinajstić information content (AvgIpc) is 3.47. The number of amides is 1. The lowest BCUT2D eigenvalue weighted by atomic mass is 9.88. The van der Waals surface area contributed by atoms with Crippen LogP contribution in [0.15, 0.2) is 41.8 Å². The van der Waals surface area contributed by atoms with Crippen molar-refractivity contribution < 1.29 is 14.3 Å². The summed E-state index contributed by atoms with van der Waals surface area (Å²) in [5.41, 5.74) is 11.1. The first-order valence-electron chi connectivity index (χ1n) is 10.3. The van der Waals surface area contributed by atoms with Gasteiger partial charge in [0, 0.05) is 5.39 Å². The number of aromatic nitrogens is 1. The third kappa shape index (κ3) is 3.45. The second-order valence-electron chi connectivity index (χ2n) is 7.62. The number of pyridine rings is 1. The highest BCUT2D eigenvalue weighted by Gasteiger charge is 2.26. The molecule has 3 aromatic heterocycles. The molecule has 0 aliphatic heterocycles. The average molecular weight is 464 g/mol. The number of hydrogen-bond acceptors (Lipinski definition) is 7. The number of fused-ring (bicyclic) bond motifs is 3. The van der Waals surface area contributed by atoms with Gasteiger partial charge in [-0.3, -0.25) is 4.79 Å². The van der Waals surface area contributed by atoms with Crippen LogP contribution in [-0.2, 0) is 17.6 Å². The molecule has 1 aromatic carbocycles. The lowest BCUT2D eigenvalue weighted by Crippen LogP contribution is -2.15. The van der Waals surface area contributed by atoms with Gasteiger partial charge >= 0.3 is 5.97 Å². The maximum absolute atomic E-state index is 13.2. The lowest BCUT2D eigenvalue weighted by molar-refractivity contribution is 0.0602. The quantitative estimate of drug-likeness (QED) is 0.388. The maximum Gasteiger partial charge on any atom is 0.339 e. The molecule has 1 amide bonds. The summed E-state index contributed by atoms with van der Waals surface area (Å²) in [7, 11) is 1.31. The molecule has 0 spiro atoms. The number of thiophene rings is 2. The smallest absolute Gasteiger partial charge is 0.339 e. The largest absolute Gasteiger partial charge is 0.465 e. The normalized spacial score (nSPS) is 13.0. The summed E-state index contributed by atoms with van der Waals surface area (Å²) in [5.74, 6) is -0.870. The summed E-state index contributed by atoms with van der Waals surface area (Å²) >= 11 is 2.97. The number of para-hydroxylation sites is 1. The number of ether oxygens (including phenoxy) is 1. The van der Waals surface area contributed by atoms with Crippen LogP contribution in [0.4, 0.5) is 11.4 Å². The van der Waals surface area contributed by atoms with Gasteiger partial charge in [-0.1, -0.05) is 18.2 Å². The minimum Gasteiger partial charge on any atom is -0.465 e. The Labute approximate surface area is 193 Å². The van der Waals surface area contributed by atoms with Crippen molar-refractivity contribution in [1.29, 1.82) is 0 Å². The molecule has 5 rings (SSSR count). The third-order valence-electron chi connectivity index (χ3n) is 5.74. The highest BCUT2D eigenvalue weighted by Crippen LogP contribution is 2.43. The van der Waals surface area contributed by atoms with Crippen LogP contribution in [0, 0.1) is 0 Å². The zero-order valence-electron chi connectivity index (χ0n) is 17.4. The number of nitrogens with zero attached hydrogens (tertiary/aromatic N) is 1. The van der Waals surface area contributed by atoms with Crippen molar-refractivity contribution in [3.05, 3.63) is 63.3 Å². The van der Waals surface area contributed by atoms with Crippen molar-refractivity contribution in [2.24, 2.45) is 0 Å². The molecular weight excluding hydrogens is 442 g/mol. The van der Waals surface area contributed by atoms with E-state index in [2.05, 4.69) is 16.8 Å². The van der Waals surface area contributed by atoms with E-state index >= 15 is 0 Å². The molecule has 1 aliphatic rings. The van der Waals surface area contributed by atoms with E-state index in [1.165, 1.54) is 29.6 Å². The Bertz CT molecular complexity index is 1340. The zero-order chi connectivity index (χ0) is 22.2. The van der Waals surface area contributed by atoms with Gasteiger partial charge in [0.25, 0.3) is 5.91 Å². The van der Waals surface area contributed by atoms with Crippen molar-refractivity contribution in [1.82, 2.24) is 4.98 Å². The lowest BCUT2D eigenvalue weighted by Gasteiger charge is -2.19. The Morgan fingerprint density at radius 1 is 1.09 bits per heavy atom. The first kappa shape index (κ1) is 20.7. The number of carbonyl (C=O) groups excluding carboxylic acids is 2. The number of hydrogen-bond donors (Lipinski definition) is 2. The molecule has 6 nitrogen and oxygen atoms in total. The minimum atomic E-state index is -0.512. The van der Waals surface area contributed by atoms with Crippen molar-refractivity contribution in [2.45, 2.75) is 25.7 Å². The van der Waals surface area contributed by atoms with Gasteiger partial charge in [-0.25, -0.2) is 9.78 Å². The second kappa shape index (κ2) is 8.37. The molecule has 4 aromatic rings. The van der Waals surface area contributed by atoms with Crippen LogP contribution in [0.1, 0.15) is 44.0 Å². The summed E-state index contributed by atoms with van der Waals surface area (Å²) in [5, 5.41) is 5.78. The number of nitrogens with one attached hydrogen (secondary N) is 1.